The molecule has 0 bridgehead atoms. The largest absolute Gasteiger partial charge is 0.411 e. The van der Waals surface area contributed by atoms with E-state index in [1.807, 2.05) is 13.8 Å². The molecule has 9 heavy (non-hydrogen) atoms. The number of nitrogens with zero attached hydrogens (tertiary/aromatic N) is 1. The third-order valence-electron chi connectivity index (χ3n) is 1.26. The number of oxime groups is 1. The molecule has 0 saturated carbocycles. The second-order valence-corrected chi connectivity index (χ2v) is 2.49. The summed E-state index contributed by atoms with van der Waals surface area (Å²) in [5, 5.41) is 11.6. The zero-order chi connectivity index (χ0) is 7.28. The molecule has 0 radical (unpaired) electrons. The van der Waals surface area contributed by atoms with Gasteiger partial charge in [0.25, 0.3) is 0 Å². The van der Waals surface area contributed by atoms with Crippen LogP contribution in [0.5, 0.6) is 0 Å². The van der Waals surface area contributed by atoms with Gasteiger partial charge in [-0.15, -0.1) is 0 Å². The van der Waals surface area contributed by atoms with Crippen LogP contribution < -0.4 is 0 Å². The van der Waals surface area contributed by atoms with E-state index in [0.29, 0.717) is 0 Å². The van der Waals surface area contributed by atoms with E-state index in [1.165, 1.54) is 0 Å². The van der Waals surface area contributed by atoms with Gasteiger partial charge in [0.05, 0.1) is 5.71 Å². The molecule has 0 aliphatic carbocycles. The van der Waals surface area contributed by atoms with Gasteiger partial charge < -0.3 is 5.21 Å². The summed E-state index contributed by atoms with van der Waals surface area (Å²) >= 11 is 4.19. The molecule has 0 amide bonds. The van der Waals surface area contributed by atoms with Crippen LogP contribution >= 0.6 is 12.6 Å². The molecule has 54 valence electrons. The van der Waals surface area contributed by atoms with Gasteiger partial charge in [-0.1, -0.05) is 19.0 Å². The highest BCUT2D eigenvalue weighted by atomic mass is 32.1. The second kappa shape index (κ2) is 4.68. The summed E-state index contributed by atoms with van der Waals surface area (Å²) in [7, 11) is 0. The SMILES string of the molecule is CCC(=NO)C(S)CC. The van der Waals surface area contributed by atoms with Crippen molar-refractivity contribution in [1.29, 1.82) is 0 Å². The molecule has 1 N–H and O–H groups in total. The first-order valence-corrected chi connectivity index (χ1v) is 3.66. The van der Waals surface area contributed by atoms with Gasteiger partial charge in [0.1, 0.15) is 0 Å². The molecule has 1 atom stereocenters. The van der Waals surface area contributed by atoms with E-state index in [0.717, 1.165) is 18.6 Å². The average molecular weight is 147 g/mol. The van der Waals surface area contributed by atoms with E-state index in [4.69, 9.17) is 5.21 Å². The van der Waals surface area contributed by atoms with Gasteiger partial charge in [-0.2, -0.15) is 12.6 Å². The Morgan fingerprint density at radius 1 is 1.67 bits per heavy atom. The first-order valence-electron chi connectivity index (χ1n) is 3.15. The fraction of sp³-hybridized carbons (Fsp3) is 0.833. The van der Waals surface area contributed by atoms with Gasteiger partial charge in [-0.3, -0.25) is 0 Å². The van der Waals surface area contributed by atoms with Crippen LogP contribution in [0.1, 0.15) is 26.7 Å². The molecule has 0 rings (SSSR count). The maximum absolute atomic E-state index is 8.37. The molecule has 2 nitrogen and oxygen atoms in total. The Labute approximate surface area is 61.4 Å². The lowest BCUT2D eigenvalue weighted by Crippen LogP contribution is -2.11. The number of hydrogen-bond acceptors (Lipinski definition) is 3. The maximum Gasteiger partial charge on any atom is 0.0694 e. The van der Waals surface area contributed by atoms with Crippen molar-refractivity contribution in [2.75, 3.05) is 0 Å². The lowest BCUT2D eigenvalue weighted by atomic mass is 10.2. The molecule has 0 aromatic heterocycles. The minimum absolute atomic E-state index is 0.125. The van der Waals surface area contributed by atoms with Gasteiger partial charge in [0.15, 0.2) is 0 Å². The summed E-state index contributed by atoms with van der Waals surface area (Å²) in [4.78, 5) is 0. The molecule has 0 spiro atoms. The highest BCUT2D eigenvalue weighted by molar-refractivity contribution is 7.81. The van der Waals surface area contributed by atoms with Crippen molar-refractivity contribution in [2.24, 2.45) is 5.16 Å². The lowest BCUT2D eigenvalue weighted by Gasteiger charge is -2.05. The fourth-order valence-electron chi connectivity index (χ4n) is 0.609. The van der Waals surface area contributed by atoms with Crippen molar-refractivity contribution in [3.63, 3.8) is 0 Å². The van der Waals surface area contributed by atoms with Crippen molar-refractivity contribution in [1.82, 2.24) is 0 Å². The predicted molar refractivity (Wildman–Crippen MR) is 42.6 cm³/mol. The van der Waals surface area contributed by atoms with Crippen LogP contribution in [0.4, 0.5) is 0 Å². The van der Waals surface area contributed by atoms with Crippen LogP contribution in [-0.4, -0.2) is 16.2 Å². The van der Waals surface area contributed by atoms with Crippen LogP contribution in [0.15, 0.2) is 5.16 Å². The molecule has 1 unspecified atom stereocenters. The first kappa shape index (κ1) is 8.82. The fourth-order valence-corrected chi connectivity index (χ4v) is 0.843. The summed E-state index contributed by atoms with van der Waals surface area (Å²) in [5.74, 6) is 0. The molecule has 0 aliphatic rings. The summed E-state index contributed by atoms with van der Waals surface area (Å²) in [5.41, 5.74) is 0.765. The van der Waals surface area contributed by atoms with Crippen LogP contribution in [-0.2, 0) is 0 Å². The molecular formula is C6H13NOS. The van der Waals surface area contributed by atoms with Crippen LogP contribution in [0.3, 0.4) is 0 Å². The Morgan fingerprint density at radius 2 is 2.22 bits per heavy atom. The Bertz CT molecular complexity index is 103. The Morgan fingerprint density at radius 3 is 2.33 bits per heavy atom. The first-order chi connectivity index (χ1) is 4.26. The molecule has 0 saturated heterocycles. The van der Waals surface area contributed by atoms with E-state index in [1.54, 1.807) is 0 Å². The second-order valence-electron chi connectivity index (χ2n) is 1.87. The number of thiol groups is 1. The highest BCUT2D eigenvalue weighted by Crippen LogP contribution is 2.05. The normalized spacial score (nSPS) is 15.7. The van der Waals surface area contributed by atoms with Gasteiger partial charge >= 0.3 is 0 Å². The van der Waals surface area contributed by atoms with Crippen LogP contribution in [0.2, 0.25) is 0 Å². The number of rotatable bonds is 3. The smallest absolute Gasteiger partial charge is 0.0694 e. The van der Waals surface area contributed by atoms with E-state index >= 15 is 0 Å². The molecular weight excluding hydrogens is 134 g/mol. The molecule has 0 heterocycles. The van der Waals surface area contributed by atoms with Gasteiger partial charge in [0, 0.05) is 5.25 Å². The minimum Gasteiger partial charge on any atom is -0.411 e. The van der Waals surface area contributed by atoms with E-state index in [2.05, 4.69) is 17.8 Å². The Kier molecular flexibility index (Phi) is 4.58. The topological polar surface area (TPSA) is 32.6 Å². The molecule has 0 aromatic carbocycles. The summed E-state index contributed by atoms with van der Waals surface area (Å²) in [6, 6.07) is 0. The van der Waals surface area contributed by atoms with E-state index in [9.17, 15) is 0 Å². The standard InChI is InChI=1S/C6H13NOS/c1-3-5(7-8)6(9)4-2/h6,8-9H,3-4H2,1-2H3. The van der Waals surface area contributed by atoms with Crippen molar-refractivity contribution in [3.05, 3.63) is 0 Å². The summed E-state index contributed by atoms with van der Waals surface area (Å²) < 4.78 is 0. The average Bonchev–Trinajstić information content (AvgIpc) is 1.90. The van der Waals surface area contributed by atoms with E-state index < -0.39 is 0 Å². The Balaban J connectivity index is 3.80. The summed E-state index contributed by atoms with van der Waals surface area (Å²) in [6.07, 6.45) is 1.69. The molecule has 3 heteroatoms. The third-order valence-corrected chi connectivity index (χ3v) is 1.93. The predicted octanol–water partition coefficient (Wildman–Crippen LogP) is 1.94. The maximum atomic E-state index is 8.37. The zero-order valence-electron chi connectivity index (χ0n) is 5.83. The van der Waals surface area contributed by atoms with Crippen LogP contribution in [0.25, 0.3) is 0 Å². The van der Waals surface area contributed by atoms with Gasteiger partial charge in [0.2, 0.25) is 0 Å². The number of hydrogen-bond donors (Lipinski definition) is 2. The van der Waals surface area contributed by atoms with Gasteiger partial charge in [-0.25, -0.2) is 0 Å². The van der Waals surface area contributed by atoms with Crippen molar-refractivity contribution in [2.45, 2.75) is 31.9 Å². The quantitative estimate of drug-likeness (QED) is 0.272. The monoisotopic (exact) mass is 147 g/mol. The molecule has 0 aromatic rings. The third kappa shape index (κ3) is 2.75. The lowest BCUT2D eigenvalue weighted by molar-refractivity contribution is 0.316. The van der Waals surface area contributed by atoms with Crippen molar-refractivity contribution in [3.8, 4) is 0 Å². The zero-order valence-corrected chi connectivity index (χ0v) is 6.73. The van der Waals surface area contributed by atoms with Gasteiger partial charge in [-0.05, 0) is 12.8 Å². The van der Waals surface area contributed by atoms with E-state index in [-0.39, 0.29) is 5.25 Å². The minimum atomic E-state index is 0.125. The van der Waals surface area contributed by atoms with Crippen molar-refractivity contribution < 1.29 is 5.21 Å². The Hall–Kier alpha value is -0.180. The molecule has 0 aliphatic heterocycles. The highest BCUT2D eigenvalue weighted by Gasteiger charge is 2.05. The van der Waals surface area contributed by atoms with Crippen LogP contribution in [0, 0.1) is 0 Å². The van der Waals surface area contributed by atoms with Crippen molar-refractivity contribution >= 4 is 18.3 Å². The molecule has 0 fully saturated rings. The summed E-state index contributed by atoms with van der Waals surface area (Å²) in [6.45, 7) is 3.96.